The van der Waals surface area contributed by atoms with Crippen molar-refractivity contribution >= 4 is 11.9 Å². The van der Waals surface area contributed by atoms with E-state index in [1.165, 1.54) is 5.56 Å². The van der Waals surface area contributed by atoms with E-state index in [4.69, 9.17) is 10.00 Å². The summed E-state index contributed by atoms with van der Waals surface area (Å²) in [5.41, 5.74) is 3.91. The third kappa shape index (κ3) is 5.02. The van der Waals surface area contributed by atoms with Gasteiger partial charge < -0.3 is 15.0 Å². The van der Waals surface area contributed by atoms with Crippen LogP contribution < -0.4 is 10.9 Å². The lowest BCUT2D eigenvalue weighted by Crippen LogP contribution is -2.39. The number of fused-ring (bicyclic) bond motifs is 1. The highest BCUT2D eigenvalue weighted by molar-refractivity contribution is 5.83. The van der Waals surface area contributed by atoms with Crippen molar-refractivity contribution in [2.45, 2.75) is 65.0 Å². The number of carbonyl (C=O) groups is 2. The van der Waals surface area contributed by atoms with Gasteiger partial charge in [-0.05, 0) is 68.7 Å². The van der Waals surface area contributed by atoms with Crippen LogP contribution in [-0.4, -0.2) is 23.0 Å². The van der Waals surface area contributed by atoms with Gasteiger partial charge in [0.15, 0.2) is 6.10 Å². The molecule has 1 aliphatic carbocycles. The molecule has 2 N–H and O–H groups in total. The summed E-state index contributed by atoms with van der Waals surface area (Å²) in [6.45, 7) is 4.99. The summed E-state index contributed by atoms with van der Waals surface area (Å²) in [5, 5.41) is 12.2. The molecule has 1 heterocycles. The number of esters is 1. The number of aryl methyl sites for hydroxylation is 2. The van der Waals surface area contributed by atoms with Crippen molar-refractivity contribution in [2.24, 2.45) is 0 Å². The van der Waals surface area contributed by atoms with E-state index in [-0.39, 0.29) is 23.9 Å². The van der Waals surface area contributed by atoms with Gasteiger partial charge in [-0.3, -0.25) is 14.4 Å². The Bertz CT molecular complexity index is 1100. The highest BCUT2D eigenvalue weighted by Crippen LogP contribution is 2.29. The fourth-order valence-corrected chi connectivity index (χ4v) is 4.15. The largest absolute Gasteiger partial charge is 0.453 e. The smallest absolute Gasteiger partial charge is 0.306 e. The Balaban J connectivity index is 1.58. The van der Waals surface area contributed by atoms with Crippen LogP contribution in [0.5, 0.6) is 0 Å². The molecule has 7 nitrogen and oxygen atoms in total. The standard InChI is InChI=1S/C24H27N3O4/c1-14-18(15(2)26-24(30)20(14)13-25)11-12-22(28)31-16(3)23(29)27-21-10-6-8-17-7-4-5-9-19(17)21/h4-5,7,9,16,21H,6,8,10-12H2,1-3H3,(H,26,30)(H,27,29)/t16-,21-/m1/s1. The van der Waals surface area contributed by atoms with Gasteiger partial charge in [0, 0.05) is 12.1 Å². The molecule has 0 aliphatic heterocycles. The molecule has 7 heteroatoms. The number of hydrogen-bond acceptors (Lipinski definition) is 5. The molecule has 31 heavy (non-hydrogen) atoms. The third-order valence-electron chi connectivity index (χ3n) is 5.86. The zero-order valence-electron chi connectivity index (χ0n) is 18.1. The van der Waals surface area contributed by atoms with Gasteiger partial charge in [-0.25, -0.2) is 0 Å². The number of ether oxygens (including phenoxy) is 1. The Hall–Kier alpha value is -3.40. The summed E-state index contributed by atoms with van der Waals surface area (Å²) in [5.74, 6) is -0.826. The van der Waals surface area contributed by atoms with Crippen molar-refractivity contribution < 1.29 is 14.3 Å². The lowest BCUT2D eigenvalue weighted by Gasteiger charge is -2.27. The molecule has 0 fully saturated rings. The third-order valence-corrected chi connectivity index (χ3v) is 5.86. The molecule has 162 valence electrons. The van der Waals surface area contributed by atoms with Crippen LogP contribution in [-0.2, 0) is 27.2 Å². The summed E-state index contributed by atoms with van der Waals surface area (Å²) < 4.78 is 5.34. The number of benzene rings is 1. The molecule has 0 saturated heterocycles. The fraction of sp³-hybridized carbons (Fsp3) is 0.417. The van der Waals surface area contributed by atoms with Crippen molar-refractivity contribution in [2.75, 3.05) is 0 Å². The number of amides is 1. The SMILES string of the molecule is Cc1[nH]c(=O)c(C#N)c(C)c1CCC(=O)O[C@H](C)C(=O)N[C@@H]1CCCc2ccccc21. The molecule has 1 aromatic heterocycles. The van der Waals surface area contributed by atoms with E-state index >= 15 is 0 Å². The molecule has 1 aliphatic rings. The van der Waals surface area contributed by atoms with Crippen LogP contribution in [0, 0.1) is 25.2 Å². The molecule has 1 aromatic carbocycles. The van der Waals surface area contributed by atoms with E-state index < -0.39 is 17.6 Å². The first-order valence-corrected chi connectivity index (χ1v) is 10.5. The Labute approximate surface area is 181 Å². The molecule has 0 bridgehead atoms. The van der Waals surface area contributed by atoms with E-state index in [0.717, 1.165) is 30.4 Å². The Morgan fingerprint density at radius 3 is 2.81 bits per heavy atom. The van der Waals surface area contributed by atoms with Gasteiger partial charge in [-0.1, -0.05) is 24.3 Å². The van der Waals surface area contributed by atoms with Crippen LogP contribution in [0.4, 0.5) is 0 Å². The number of aromatic amines is 1. The van der Waals surface area contributed by atoms with Gasteiger partial charge in [0.05, 0.1) is 6.04 Å². The summed E-state index contributed by atoms with van der Waals surface area (Å²) >= 11 is 0. The first-order chi connectivity index (χ1) is 14.8. The Morgan fingerprint density at radius 1 is 1.32 bits per heavy atom. The molecule has 0 radical (unpaired) electrons. The predicted molar refractivity (Wildman–Crippen MR) is 115 cm³/mol. The van der Waals surface area contributed by atoms with Crippen molar-refractivity contribution in [3.8, 4) is 6.07 Å². The van der Waals surface area contributed by atoms with Crippen molar-refractivity contribution in [1.82, 2.24) is 10.3 Å². The number of rotatable bonds is 6. The summed E-state index contributed by atoms with van der Waals surface area (Å²) in [4.78, 5) is 39.4. The number of pyridine rings is 1. The molecule has 0 unspecified atom stereocenters. The molecule has 0 saturated carbocycles. The summed E-state index contributed by atoms with van der Waals surface area (Å²) in [6.07, 6.45) is 2.31. The van der Waals surface area contributed by atoms with Crippen LogP contribution in [0.15, 0.2) is 29.1 Å². The Morgan fingerprint density at radius 2 is 2.06 bits per heavy atom. The monoisotopic (exact) mass is 421 g/mol. The maximum Gasteiger partial charge on any atom is 0.306 e. The first-order valence-electron chi connectivity index (χ1n) is 10.5. The topological polar surface area (TPSA) is 112 Å². The van der Waals surface area contributed by atoms with Gasteiger partial charge in [0.1, 0.15) is 11.6 Å². The van der Waals surface area contributed by atoms with Gasteiger partial charge in [-0.15, -0.1) is 0 Å². The summed E-state index contributed by atoms with van der Waals surface area (Å²) in [7, 11) is 0. The van der Waals surface area contributed by atoms with E-state index in [1.807, 2.05) is 24.3 Å². The number of hydrogen-bond donors (Lipinski definition) is 2. The molecular formula is C24H27N3O4. The molecule has 3 rings (SSSR count). The van der Waals surface area contributed by atoms with Gasteiger partial charge in [0.2, 0.25) is 0 Å². The predicted octanol–water partition coefficient (Wildman–Crippen LogP) is 2.92. The number of carbonyl (C=O) groups excluding carboxylic acids is 2. The number of H-pyrrole nitrogens is 1. The van der Waals surface area contributed by atoms with E-state index in [1.54, 1.807) is 20.8 Å². The molecular weight excluding hydrogens is 394 g/mol. The Kier molecular flexibility index (Phi) is 6.91. The molecule has 0 spiro atoms. The van der Waals surface area contributed by atoms with E-state index in [2.05, 4.69) is 16.4 Å². The van der Waals surface area contributed by atoms with Gasteiger partial charge in [-0.2, -0.15) is 5.26 Å². The second-order valence-electron chi connectivity index (χ2n) is 7.95. The minimum Gasteiger partial charge on any atom is -0.453 e. The maximum absolute atomic E-state index is 12.6. The van der Waals surface area contributed by atoms with Crippen LogP contribution in [0.25, 0.3) is 0 Å². The quantitative estimate of drug-likeness (QED) is 0.697. The maximum atomic E-state index is 12.6. The van der Waals surface area contributed by atoms with Crippen LogP contribution in [0.3, 0.4) is 0 Å². The first kappa shape index (κ1) is 22.3. The second-order valence-corrected chi connectivity index (χ2v) is 7.95. The van der Waals surface area contributed by atoms with E-state index in [0.29, 0.717) is 17.7 Å². The van der Waals surface area contributed by atoms with Gasteiger partial charge >= 0.3 is 5.97 Å². The molecule has 2 atom stereocenters. The average Bonchev–Trinajstić information content (AvgIpc) is 2.73. The van der Waals surface area contributed by atoms with Crippen LogP contribution in [0.2, 0.25) is 0 Å². The molecule has 2 aromatic rings. The zero-order chi connectivity index (χ0) is 22.5. The lowest BCUT2D eigenvalue weighted by atomic mass is 9.87. The van der Waals surface area contributed by atoms with Crippen LogP contribution >= 0.6 is 0 Å². The number of nitrogens with one attached hydrogen (secondary N) is 2. The zero-order valence-corrected chi connectivity index (χ0v) is 18.1. The van der Waals surface area contributed by atoms with Crippen molar-refractivity contribution in [3.63, 3.8) is 0 Å². The molecule has 1 amide bonds. The normalized spacial score (nSPS) is 16.0. The van der Waals surface area contributed by atoms with Crippen LogP contribution in [0.1, 0.15) is 65.7 Å². The highest BCUT2D eigenvalue weighted by atomic mass is 16.5. The van der Waals surface area contributed by atoms with Crippen molar-refractivity contribution in [3.05, 3.63) is 68.1 Å². The summed E-state index contributed by atoms with van der Waals surface area (Å²) in [6, 6.07) is 9.89. The minimum absolute atomic E-state index is 0.0441. The fourth-order valence-electron chi connectivity index (χ4n) is 4.15. The van der Waals surface area contributed by atoms with Gasteiger partial charge in [0.25, 0.3) is 11.5 Å². The highest BCUT2D eigenvalue weighted by Gasteiger charge is 2.25. The van der Waals surface area contributed by atoms with Crippen molar-refractivity contribution in [1.29, 1.82) is 5.26 Å². The number of nitrogens with zero attached hydrogens (tertiary/aromatic N) is 1. The minimum atomic E-state index is -0.908. The second kappa shape index (κ2) is 9.61. The average molecular weight is 421 g/mol. The van der Waals surface area contributed by atoms with E-state index in [9.17, 15) is 14.4 Å². The lowest BCUT2D eigenvalue weighted by molar-refractivity contribution is -0.155. The number of aromatic nitrogens is 1. The number of nitriles is 1.